The van der Waals surface area contributed by atoms with E-state index in [2.05, 4.69) is 18.7 Å². The first-order chi connectivity index (χ1) is 10.3. The molecule has 21 heavy (non-hydrogen) atoms. The summed E-state index contributed by atoms with van der Waals surface area (Å²) in [5.41, 5.74) is 1.24. The molecule has 0 bridgehead atoms. The number of nitrogens with zero attached hydrogens (tertiary/aromatic N) is 1. The predicted molar refractivity (Wildman–Crippen MR) is 89.0 cm³/mol. The zero-order chi connectivity index (χ0) is 15.1. The lowest BCUT2D eigenvalue weighted by Crippen LogP contribution is -2.25. The Bertz CT molecular complexity index is 556. The van der Waals surface area contributed by atoms with Gasteiger partial charge in [0.25, 0.3) is 0 Å². The van der Waals surface area contributed by atoms with E-state index >= 15 is 0 Å². The molecule has 2 heteroatoms. The van der Waals surface area contributed by atoms with Gasteiger partial charge in [0.05, 0.1) is 0 Å². The Kier molecular flexibility index (Phi) is 6.19. The molecule has 0 aliphatic carbocycles. The molecule has 0 N–H and O–H groups in total. The van der Waals surface area contributed by atoms with Crippen LogP contribution < -0.4 is 0 Å². The van der Waals surface area contributed by atoms with E-state index in [1.54, 1.807) is 6.07 Å². The molecule has 114 valence electrons. The number of benzene rings is 2. The standard InChI is InChI=1S/C19H26FN/c1-3-5-13-21(14-6-4-2)15-16-11-12-19(20)18-10-8-7-9-17(16)18/h7-12H,3-6,13-15H2,1-2H3. The highest BCUT2D eigenvalue weighted by atomic mass is 19.1. The fraction of sp³-hybridized carbons (Fsp3) is 0.474. The zero-order valence-electron chi connectivity index (χ0n) is 13.2. The van der Waals surface area contributed by atoms with Crippen LogP contribution in [0.5, 0.6) is 0 Å². The summed E-state index contributed by atoms with van der Waals surface area (Å²) in [6, 6.07) is 11.4. The molecule has 1 nitrogen and oxygen atoms in total. The summed E-state index contributed by atoms with van der Waals surface area (Å²) in [4.78, 5) is 2.51. The summed E-state index contributed by atoms with van der Waals surface area (Å²) in [7, 11) is 0. The van der Waals surface area contributed by atoms with Crippen molar-refractivity contribution in [1.82, 2.24) is 4.90 Å². The third-order valence-electron chi connectivity index (χ3n) is 4.01. The fourth-order valence-electron chi connectivity index (χ4n) is 2.74. The first-order valence-corrected chi connectivity index (χ1v) is 8.14. The number of rotatable bonds is 8. The van der Waals surface area contributed by atoms with Crippen LogP contribution in [0.2, 0.25) is 0 Å². The normalized spacial score (nSPS) is 11.4. The number of hydrogen-bond donors (Lipinski definition) is 0. The first kappa shape index (κ1) is 16.0. The second-order valence-corrected chi connectivity index (χ2v) is 5.74. The number of hydrogen-bond acceptors (Lipinski definition) is 1. The van der Waals surface area contributed by atoms with Crippen molar-refractivity contribution in [2.45, 2.75) is 46.1 Å². The van der Waals surface area contributed by atoms with E-state index in [4.69, 9.17) is 0 Å². The smallest absolute Gasteiger partial charge is 0.131 e. The molecule has 0 fully saturated rings. The van der Waals surface area contributed by atoms with E-state index in [0.717, 1.165) is 30.4 Å². The third kappa shape index (κ3) is 4.28. The predicted octanol–water partition coefficient (Wildman–Crippen LogP) is 5.38. The number of unbranched alkanes of at least 4 members (excludes halogenated alkanes) is 2. The van der Waals surface area contributed by atoms with Crippen molar-refractivity contribution in [3.63, 3.8) is 0 Å². The summed E-state index contributed by atoms with van der Waals surface area (Å²) in [6.07, 6.45) is 4.88. The quantitative estimate of drug-likeness (QED) is 0.630. The molecule has 2 aromatic rings. The van der Waals surface area contributed by atoms with Gasteiger partial charge < -0.3 is 0 Å². The maximum atomic E-state index is 13.9. The van der Waals surface area contributed by atoms with Crippen LogP contribution in [-0.2, 0) is 6.54 Å². The fourth-order valence-corrected chi connectivity index (χ4v) is 2.74. The summed E-state index contributed by atoms with van der Waals surface area (Å²) in [5.74, 6) is -0.122. The molecule has 2 aromatic carbocycles. The van der Waals surface area contributed by atoms with Crippen LogP contribution in [0.25, 0.3) is 10.8 Å². The highest BCUT2D eigenvalue weighted by Crippen LogP contribution is 2.23. The summed E-state index contributed by atoms with van der Waals surface area (Å²) < 4.78 is 13.9. The molecule has 0 saturated carbocycles. The van der Waals surface area contributed by atoms with Gasteiger partial charge in [-0.2, -0.15) is 0 Å². The summed E-state index contributed by atoms with van der Waals surface area (Å²) >= 11 is 0. The molecule has 0 saturated heterocycles. The molecule has 0 heterocycles. The summed E-state index contributed by atoms with van der Waals surface area (Å²) in [5, 5.41) is 1.79. The summed E-state index contributed by atoms with van der Waals surface area (Å²) in [6.45, 7) is 7.63. The van der Waals surface area contributed by atoms with E-state index in [1.165, 1.54) is 31.2 Å². The SMILES string of the molecule is CCCCN(CCCC)Cc1ccc(F)c2ccccc12. The first-order valence-electron chi connectivity index (χ1n) is 8.14. The van der Waals surface area contributed by atoms with Gasteiger partial charge >= 0.3 is 0 Å². The van der Waals surface area contributed by atoms with E-state index < -0.39 is 0 Å². The van der Waals surface area contributed by atoms with Crippen LogP contribution >= 0.6 is 0 Å². The lowest BCUT2D eigenvalue weighted by Gasteiger charge is -2.23. The minimum Gasteiger partial charge on any atom is -0.299 e. The lowest BCUT2D eigenvalue weighted by atomic mass is 10.0. The highest BCUT2D eigenvalue weighted by molar-refractivity contribution is 5.86. The van der Waals surface area contributed by atoms with Gasteiger partial charge in [-0.25, -0.2) is 4.39 Å². The van der Waals surface area contributed by atoms with Gasteiger partial charge in [0.15, 0.2) is 0 Å². The number of fused-ring (bicyclic) bond motifs is 1. The largest absolute Gasteiger partial charge is 0.299 e. The Morgan fingerprint density at radius 2 is 1.48 bits per heavy atom. The molecular weight excluding hydrogens is 261 g/mol. The van der Waals surface area contributed by atoms with Crippen molar-refractivity contribution >= 4 is 10.8 Å². The van der Waals surface area contributed by atoms with Crippen molar-refractivity contribution in [2.24, 2.45) is 0 Å². The third-order valence-corrected chi connectivity index (χ3v) is 4.01. The Morgan fingerprint density at radius 3 is 2.10 bits per heavy atom. The van der Waals surface area contributed by atoms with Gasteiger partial charge in [-0.15, -0.1) is 0 Å². The molecule has 0 aromatic heterocycles. The van der Waals surface area contributed by atoms with Crippen molar-refractivity contribution in [2.75, 3.05) is 13.1 Å². The van der Waals surface area contributed by atoms with E-state index in [9.17, 15) is 4.39 Å². The Balaban J connectivity index is 2.21. The van der Waals surface area contributed by atoms with Gasteiger partial charge in [0.1, 0.15) is 5.82 Å². The van der Waals surface area contributed by atoms with Gasteiger partial charge in [0, 0.05) is 11.9 Å². The van der Waals surface area contributed by atoms with Gasteiger partial charge in [-0.3, -0.25) is 4.90 Å². The second-order valence-electron chi connectivity index (χ2n) is 5.74. The monoisotopic (exact) mass is 287 g/mol. The maximum absolute atomic E-state index is 13.9. The minimum atomic E-state index is -0.122. The van der Waals surface area contributed by atoms with Crippen molar-refractivity contribution in [1.29, 1.82) is 0 Å². The van der Waals surface area contributed by atoms with E-state index in [-0.39, 0.29) is 5.82 Å². The van der Waals surface area contributed by atoms with Crippen LogP contribution in [0.1, 0.15) is 45.1 Å². The molecule has 0 aliphatic heterocycles. The van der Waals surface area contributed by atoms with E-state index in [1.807, 2.05) is 30.3 Å². The Morgan fingerprint density at radius 1 is 0.857 bits per heavy atom. The Hall–Kier alpha value is -1.41. The second kappa shape index (κ2) is 8.14. The molecule has 0 spiro atoms. The minimum absolute atomic E-state index is 0.122. The molecule has 0 atom stereocenters. The molecule has 0 amide bonds. The van der Waals surface area contributed by atoms with Crippen molar-refractivity contribution in [3.05, 3.63) is 47.8 Å². The molecule has 2 rings (SSSR count). The molecular formula is C19H26FN. The Labute approximate surface area is 127 Å². The maximum Gasteiger partial charge on any atom is 0.131 e. The van der Waals surface area contributed by atoms with E-state index in [0.29, 0.717) is 0 Å². The van der Waals surface area contributed by atoms with Gasteiger partial charge in [-0.05, 0) is 42.9 Å². The van der Waals surface area contributed by atoms with Crippen LogP contribution in [0.15, 0.2) is 36.4 Å². The molecule has 0 aliphatic rings. The average molecular weight is 287 g/mol. The van der Waals surface area contributed by atoms with Crippen LogP contribution in [-0.4, -0.2) is 18.0 Å². The van der Waals surface area contributed by atoms with Crippen LogP contribution in [0.4, 0.5) is 4.39 Å². The molecule has 0 radical (unpaired) electrons. The zero-order valence-corrected chi connectivity index (χ0v) is 13.2. The van der Waals surface area contributed by atoms with Gasteiger partial charge in [-0.1, -0.05) is 57.0 Å². The average Bonchev–Trinajstić information content (AvgIpc) is 2.52. The highest BCUT2D eigenvalue weighted by Gasteiger charge is 2.10. The lowest BCUT2D eigenvalue weighted by molar-refractivity contribution is 0.258. The molecule has 0 unspecified atom stereocenters. The van der Waals surface area contributed by atoms with Crippen LogP contribution in [0.3, 0.4) is 0 Å². The van der Waals surface area contributed by atoms with Crippen LogP contribution in [0, 0.1) is 5.82 Å². The topological polar surface area (TPSA) is 3.24 Å². The number of halogens is 1. The van der Waals surface area contributed by atoms with Crippen molar-refractivity contribution < 1.29 is 4.39 Å². The van der Waals surface area contributed by atoms with Crippen molar-refractivity contribution in [3.8, 4) is 0 Å². The van der Waals surface area contributed by atoms with Gasteiger partial charge in [0.2, 0.25) is 0 Å².